The van der Waals surface area contributed by atoms with E-state index in [0.29, 0.717) is 11.1 Å². The molecule has 0 atom stereocenters. The lowest BCUT2D eigenvalue weighted by molar-refractivity contribution is -0.104. The molecule has 2 heteroatoms. The first-order valence-electron chi connectivity index (χ1n) is 2.71. The van der Waals surface area contributed by atoms with Crippen molar-refractivity contribution in [2.75, 3.05) is 0 Å². The van der Waals surface area contributed by atoms with E-state index in [4.69, 9.17) is 5.26 Å². The number of carbonyl (C=O) groups excluding carboxylic acids is 1. The maximum absolute atomic E-state index is 9.41. The van der Waals surface area contributed by atoms with Crippen LogP contribution in [0.3, 0.4) is 0 Å². The van der Waals surface area contributed by atoms with Crippen LogP contribution in [-0.4, -0.2) is 6.29 Å². The van der Waals surface area contributed by atoms with Gasteiger partial charge in [-0.05, 0) is 19.4 Å². The largest absolute Gasteiger partial charge is 0.298 e. The highest BCUT2D eigenvalue weighted by molar-refractivity contribution is 5.70. The van der Waals surface area contributed by atoms with Gasteiger partial charge in [0.05, 0.1) is 6.07 Å². The molecule has 0 saturated carbocycles. The second kappa shape index (κ2) is 7.64. The molecule has 0 aliphatic carbocycles. The van der Waals surface area contributed by atoms with Gasteiger partial charge in [-0.1, -0.05) is 13.2 Å². The molecular formula is C8H11NO. The van der Waals surface area contributed by atoms with Crippen molar-refractivity contribution < 1.29 is 4.79 Å². The van der Waals surface area contributed by atoms with E-state index in [1.54, 1.807) is 13.8 Å². The first-order chi connectivity index (χ1) is 4.54. The Morgan fingerprint density at radius 2 is 1.70 bits per heavy atom. The molecule has 0 aliphatic heterocycles. The van der Waals surface area contributed by atoms with Crippen molar-refractivity contribution in [1.29, 1.82) is 5.26 Å². The van der Waals surface area contributed by atoms with E-state index in [0.717, 1.165) is 6.29 Å². The zero-order chi connectivity index (χ0) is 8.57. The van der Waals surface area contributed by atoms with Crippen LogP contribution in [0.15, 0.2) is 24.3 Å². The molecule has 0 saturated heterocycles. The van der Waals surface area contributed by atoms with Crippen molar-refractivity contribution in [1.82, 2.24) is 0 Å². The summed E-state index contributed by atoms with van der Waals surface area (Å²) in [5, 5.41) is 7.79. The SMILES string of the molecule is C=C(C)C#N.C=C(C)C=O. The van der Waals surface area contributed by atoms with E-state index in [-0.39, 0.29) is 0 Å². The highest BCUT2D eigenvalue weighted by atomic mass is 16.1. The molecule has 0 bridgehead atoms. The van der Waals surface area contributed by atoms with Crippen LogP contribution in [0.25, 0.3) is 0 Å². The third kappa shape index (κ3) is 30.3. The molecule has 0 aromatic carbocycles. The van der Waals surface area contributed by atoms with Crippen molar-refractivity contribution >= 4 is 6.29 Å². The van der Waals surface area contributed by atoms with Gasteiger partial charge in [-0.25, -0.2) is 0 Å². The standard InChI is InChI=1S/C4H5N.C4H6O/c2*1-4(2)3-5/h1H2,2H3;3H,1H2,2H3. The maximum atomic E-state index is 9.41. The quantitative estimate of drug-likeness (QED) is 0.314. The van der Waals surface area contributed by atoms with Gasteiger partial charge < -0.3 is 0 Å². The van der Waals surface area contributed by atoms with Crippen LogP contribution in [-0.2, 0) is 4.79 Å². The molecule has 10 heavy (non-hydrogen) atoms. The Balaban J connectivity index is 0. The Bertz CT molecular complexity index is 174. The van der Waals surface area contributed by atoms with Gasteiger partial charge in [0.2, 0.25) is 0 Å². The average Bonchev–Trinajstić information content (AvgIpc) is 1.89. The van der Waals surface area contributed by atoms with Gasteiger partial charge in [-0.3, -0.25) is 4.79 Å². The van der Waals surface area contributed by atoms with Crippen LogP contribution >= 0.6 is 0 Å². The number of aldehydes is 1. The van der Waals surface area contributed by atoms with Crippen LogP contribution in [0.2, 0.25) is 0 Å². The molecule has 0 spiro atoms. The summed E-state index contributed by atoms with van der Waals surface area (Å²) in [5.74, 6) is 0. The van der Waals surface area contributed by atoms with Gasteiger partial charge in [0.1, 0.15) is 6.29 Å². The second-order valence-corrected chi connectivity index (χ2v) is 1.86. The summed E-state index contributed by atoms with van der Waals surface area (Å²) in [6.45, 7) is 9.94. The van der Waals surface area contributed by atoms with Crippen molar-refractivity contribution in [2.45, 2.75) is 13.8 Å². The summed E-state index contributed by atoms with van der Waals surface area (Å²) in [5.41, 5.74) is 1.13. The number of nitrogens with zero attached hydrogens (tertiary/aromatic N) is 1. The Morgan fingerprint density at radius 1 is 1.50 bits per heavy atom. The van der Waals surface area contributed by atoms with Gasteiger partial charge in [-0.2, -0.15) is 5.26 Å². The fraction of sp³-hybridized carbons (Fsp3) is 0.250. The molecule has 0 aliphatic rings. The highest BCUT2D eigenvalue weighted by Crippen LogP contribution is 1.74. The normalized spacial score (nSPS) is 6.10. The van der Waals surface area contributed by atoms with Gasteiger partial charge in [-0.15, -0.1) is 0 Å². The lowest BCUT2D eigenvalue weighted by Crippen LogP contribution is -1.65. The number of carbonyl (C=O) groups is 1. The molecule has 0 N–H and O–H groups in total. The third-order valence-corrected chi connectivity index (χ3v) is 0.392. The average molecular weight is 137 g/mol. The highest BCUT2D eigenvalue weighted by Gasteiger charge is 1.66. The Hall–Kier alpha value is -1.36. The van der Waals surface area contributed by atoms with Crippen molar-refractivity contribution in [3.8, 4) is 6.07 Å². The van der Waals surface area contributed by atoms with Gasteiger partial charge in [0, 0.05) is 5.57 Å². The summed E-state index contributed by atoms with van der Waals surface area (Å²) in [6, 6.07) is 1.83. The summed E-state index contributed by atoms with van der Waals surface area (Å²) in [6.07, 6.45) is 0.722. The molecule has 0 aromatic heterocycles. The van der Waals surface area contributed by atoms with Crippen LogP contribution in [0.1, 0.15) is 13.8 Å². The van der Waals surface area contributed by atoms with Gasteiger partial charge in [0.15, 0.2) is 0 Å². The Kier molecular flexibility index (Phi) is 8.74. The molecule has 0 heterocycles. The van der Waals surface area contributed by atoms with E-state index < -0.39 is 0 Å². The lowest BCUT2D eigenvalue weighted by Gasteiger charge is -1.65. The third-order valence-electron chi connectivity index (χ3n) is 0.392. The van der Waals surface area contributed by atoms with E-state index >= 15 is 0 Å². The smallest absolute Gasteiger partial charge is 0.145 e. The molecule has 0 aromatic rings. The minimum Gasteiger partial charge on any atom is -0.298 e. The summed E-state index contributed by atoms with van der Waals surface area (Å²) in [7, 11) is 0. The predicted molar refractivity (Wildman–Crippen MR) is 41.3 cm³/mol. The number of hydrogen-bond acceptors (Lipinski definition) is 2. The Morgan fingerprint density at radius 3 is 1.70 bits per heavy atom. The predicted octanol–water partition coefficient (Wildman–Crippen LogP) is 1.85. The molecular weight excluding hydrogens is 126 g/mol. The van der Waals surface area contributed by atoms with E-state index in [2.05, 4.69) is 13.2 Å². The zero-order valence-corrected chi connectivity index (χ0v) is 6.35. The summed E-state index contributed by atoms with van der Waals surface area (Å²) >= 11 is 0. The van der Waals surface area contributed by atoms with Crippen molar-refractivity contribution in [3.05, 3.63) is 24.3 Å². The number of rotatable bonds is 1. The van der Waals surface area contributed by atoms with Crippen LogP contribution in [0, 0.1) is 11.3 Å². The molecule has 0 amide bonds. The topological polar surface area (TPSA) is 40.9 Å². The first kappa shape index (κ1) is 11.4. The zero-order valence-electron chi connectivity index (χ0n) is 6.35. The maximum Gasteiger partial charge on any atom is 0.145 e. The van der Waals surface area contributed by atoms with Crippen LogP contribution in [0.4, 0.5) is 0 Å². The minimum atomic E-state index is 0.560. The monoisotopic (exact) mass is 137 g/mol. The summed E-state index contributed by atoms with van der Waals surface area (Å²) in [4.78, 5) is 9.41. The number of allylic oxidation sites excluding steroid dienone is 2. The van der Waals surface area contributed by atoms with E-state index in [1.807, 2.05) is 6.07 Å². The first-order valence-corrected chi connectivity index (χ1v) is 2.71. The van der Waals surface area contributed by atoms with E-state index in [1.165, 1.54) is 0 Å². The van der Waals surface area contributed by atoms with Crippen LogP contribution in [0.5, 0.6) is 0 Å². The van der Waals surface area contributed by atoms with Crippen molar-refractivity contribution in [3.63, 3.8) is 0 Å². The molecule has 2 nitrogen and oxygen atoms in total. The minimum absolute atomic E-state index is 0.560. The molecule has 0 fully saturated rings. The second-order valence-electron chi connectivity index (χ2n) is 1.86. The van der Waals surface area contributed by atoms with Crippen molar-refractivity contribution in [2.24, 2.45) is 0 Å². The van der Waals surface area contributed by atoms with Crippen LogP contribution < -0.4 is 0 Å². The molecule has 0 radical (unpaired) electrons. The lowest BCUT2D eigenvalue weighted by atomic mass is 10.4. The summed E-state index contributed by atoms with van der Waals surface area (Å²) < 4.78 is 0. The fourth-order valence-electron chi connectivity index (χ4n) is 0. The molecule has 0 rings (SSSR count). The van der Waals surface area contributed by atoms with Gasteiger partial charge in [0.25, 0.3) is 0 Å². The van der Waals surface area contributed by atoms with E-state index in [9.17, 15) is 4.79 Å². The fourth-order valence-corrected chi connectivity index (χ4v) is 0. The number of nitriles is 1. The van der Waals surface area contributed by atoms with Gasteiger partial charge >= 0.3 is 0 Å². The molecule has 54 valence electrons. The molecule has 0 unspecified atom stereocenters. The number of hydrogen-bond donors (Lipinski definition) is 0. The Labute approximate surface area is 61.5 Å².